The molecule has 0 saturated heterocycles. The van der Waals surface area contributed by atoms with Crippen LogP contribution in [0.1, 0.15) is 53.1 Å². The van der Waals surface area contributed by atoms with Crippen molar-refractivity contribution in [3.63, 3.8) is 0 Å². The number of halogens is 1. The SMILES string of the molecule is CC[C@@]1(O)C(=O)OCc2c1cc1n(c2=O)Cc2c-1nc1cc(F)c3c(c1c2CN)CCC3. The Kier molecular flexibility index (Phi) is 3.95. The number of esters is 1. The fourth-order valence-corrected chi connectivity index (χ4v) is 5.64. The third kappa shape index (κ3) is 2.28. The Morgan fingerprint density at radius 3 is 2.75 bits per heavy atom. The van der Waals surface area contributed by atoms with E-state index in [1.807, 2.05) is 0 Å². The number of aryl methyl sites for hydroxylation is 1. The van der Waals surface area contributed by atoms with Gasteiger partial charge in [-0.25, -0.2) is 14.2 Å². The van der Waals surface area contributed by atoms with Crippen LogP contribution in [0.5, 0.6) is 0 Å². The van der Waals surface area contributed by atoms with E-state index in [9.17, 15) is 19.1 Å². The number of carbonyl (C=O) groups excluding carboxylic acids is 1. The Bertz CT molecular complexity index is 1430. The van der Waals surface area contributed by atoms with Crippen LogP contribution in [0.4, 0.5) is 4.39 Å². The summed E-state index contributed by atoms with van der Waals surface area (Å²) in [5, 5.41) is 11.9. The fraction of sp³-hybridized carbons (Fsp3) is 0.375. The van der Waals surface area contributed by atoms with Gasteiger partial charge in [-0.3, -0.25) is 4.79 Å². The molecule has 4 heterocycles. The zero-order chi connectivity index (χ0) is 22.4. The summed E-state index contributed by atoms with van der Waals surface area (Å²) < 4.78 is 21.5. The average Bonchev–Trinajstić information content (AvgIpc) is 3.41. The molecule has 1 aliphatic carbocycles. The van der Waals surface area contributed by atoms with Gasteiger partial charge >= 0.3 is 5.97 Å². The lowest BCUT2D eigenvalue weighted by Gasteiger charge is -2.31. The maximum absolute atomic E-state index is 14.8. The number of rotatable bonds is 2. The van der Waals surface area contributed by atoms with Gasteiger partial charge in [0.15, 0.2) is 5.60 Å². The molecule has 0 saturated carbocycles. The van der Waals surface area contributed by atoms with E-state index >= 15 is 0 Å². The summed E-state index contributed by atoms with van der Waals surface area (Å²) >= 11 is 0. The molecular formula is C24H22FN3O4. The topological polar surface area (TPSA) is 107 Å². The highest BCUT2D eigenvalue weighted by molar-refractivity contribution is 5.92. The predicted octanol–water partition coefficient (Wildman–Crippen LogP) is 2.17. The normalized spacial score (nSPS) is 20.7. The van der Waals surface area contributed by atoms with E-state index in [1.54, 1.807) is 17.6 Å². The average molecular weight is 435 g/mol. The van der Waals surface area contributed by atoms with Crippen LogP contribution in [-0.2, 0) is 47.7 Å². The molecule has 0 unspecified atom stereocenters. The second-order valence-electron chi connectivity index (χ2n) is 8.79. The van der Waals surface area contributed by atoms with Crippen LogP contribution in [0.3, 0.4) is 0 Å². The van der Waals surface area contributed by atoms with Crippen LogP contribution in [0.25, 0.3) is 22.3 Å². The van der Waals surface area contributed by atoms with E-state index in [2.05, 4.69) is 0 Å². The number of fused-ring (bicyclic) bond motifs is 7. The second kappa shape index (κ2) is 6.46. The van der Waals surface area contributed by atoms with Crippen LogP contribution in [-0.4, -0.2) is 20.6 Å². The molecule has 0 fully saturated rings. The monoisotopic (exact) mass is 435 g/mol. The van der Waals surface area contributed by atoms with Crippen molar-refractivity contribution in [2.45, 2.75) is 57.9 Å². The van der Waals surface area contributed by atoms with Crippen LogP contribution < -0.4 is 11.3 Å². The van der Waals surface area contributed by atoms with Gasteiger partial charge < -0.3 is 20.1 Å². The molecule has 3 N–H and O–H groups in total. The van der Waals surface area contributed by atoms with E-state index in [0.717, 1.165) is 40.5 Å². The Balaban J connectivity index is 1.68. The molecule has 2 aromatic heterocycles. The highest BCUT2D eigenvalue weighted by Gasteiger charge is 2.45. The number of ether oxygens (including phenoxy) is 1. The minimum Gasteiger partial charge on any atom is -0.458 e. The van der Waals surface area contributed by atoms with Gasteiger partial charge in [0, 0.05) is 29.1 Å². The summed E-state index contributed by atoms with van der Waals surface area (Å²) in [6.45, 7) is 2.01. The van der Waals surface area contributed by atoms with E-state index in [-0.39, 0.29) is 48.6 Å². The van der Waals surface area contributed by atoms with Crippen molar-refractivity contribution < 1.29 is 19.0 Å². The molecule has 32 heavy (non-hydrogen) atoms. The molecule has 1 aromatic carbocycles. The summed E-state index contributed by atoms with van der Waals surface area (Å²) in [5.41, 5.74) is 9.51. The quantitative estimate of drug-likeness (QED) is 0.468. The molecule has 0 amide bonds. The van der Waals surface area contributed by atoms with Gasteiger partial charge in [-0.15, -0.1) is 0 Å². The molecule has 0 bridgehead atoms. The van der Waals surface area contributed by atoms with Crippen molar-refractivity contribution in [1.82, 2.24) is 9.55 Å². The highest BCUT2D eigenvalue weighted by Crippen LogP contribution is 2.42. The summed E-state index contributed by atoms with van der Waals surface area (Å²) in [7, 11) is 0. The lowest BCUT2D eigenvalue weighted by atomic mass is 9.86. The molecule has 8 heteroatoms. The zero-order valence-electron chi connectivity index (χ0n) is 17.6. The highest BCUT2D eigenvalue weighted by atomic mass is 19.1. The largest absolute Gasteiger partial charge is 0.458 e. The van der Waals surface area contributed by atoms with Gasteiger partial charge in [-0.05, 0) is 48.4 Å². The van der Waals surface area contributed by atoms with Gasteiger partial charge in [-0.1, -0.05) is 6.92 Å². The molecule has 0 radical (unpaired) electrons. The van der Waals surface area contributed by atoms with Crippen LogP contribution >= 0.6 is 0 Å². The number of aliphatic hydroxyl groups is 1. The number of nitrogens with zero attached hydrogens (tertiary/aromatic N) is 2. The molecular weight excluding hydrogens is 413 g/mol. The third-order valence-electron chi connectivity index (χ3n) is 7.32. The number of carbonyl (C=O) groups is 1. The Hall–Kier alpha value is -3.10. The van der Waals surface area contributed by atoms with E-state index in [1.165, 1.54) is 6.07 Å². The van der Waals surface area contributed by atoms with Crippen LogP contribution in [0.2, 0.25) is 0 Å². The molecule has 1 atom stereocenters. The number of hydrogen-bond donors (Lipinski definition) is 2. The summed E-state index contributed by atoms with van der Waals surface area (Å²) in [5.74, 6) is -1.02. The maximum atomic E-state index is 14.8. The molecule has 164 valence electrons. The van der Waals surface area contributed by atoms with Gasteiger partial charge in [0.2, 0.25) is 0 Å². The van der Waals surface area contributed by atoms with E-state index < -0.39 is 11.6 Å². The first kappa shape index (κ1) is 19.6. The van der Waals surface area contributed by atoms with E-state index in [0.29, 0.717) is 23.3 Å². The van der Waals surface area contributed by atoms with Gasteiger partial charge in [-0.2, -0.15) is 0 Å². The molecule has 3 aromatic rings. The first-order valence-corrected chi connectivity index (χ1v) is 10.9. The lowest BCUT2D eigenvalue weighted by molar-refractivity contribution is -0.172. The summed E-state index contributed by atoms with van der Waals surface area (Å²) in [6, 6.07) is 3.12. The zero-order valence-corrected chi connectivity index (χ0v) is 17.6. The van der Waals surface area contributed by atoms with Crippen molar-refractivity contribution in [3.8, 4) is 11.4 Å². The molecule has 6 rings (SSSR count). The number of aromatic nitrogens is 2. The Morgan fingerprint density at radius 1 is 1.22 bits per heavy atom. The molecule has 2 aliphatic heterocycles. The number of cyclic esters (lactones) is 1. The maximum Gasteiger partial charge on any atom is 0.343 e. The van der Waals surface area contributed by atoms with Crippen LogP contribution in [0, 0.1) is 5.82 Å². The number of nitrogens with two attached hydrogens (primary N) is 1. The standard InChI is InChI=1S/C24H22FN3O4/c1-2-24(31)16-6-19-21-14(9-28(19)22(29)15(16)10-32-23(24)30)13(8-26)20-12-5-3-4-11(12)17(25)7-18(20)27-21/h6-7,31H,2-5,8-10,26H2,1H3/t24-/m0/s1. The fourth-order valence-electron chi connectivity index (χ4n) is 5.64. The van der Waals surface area contributed by atoms with E-state index in [4.69, 9.17) is 15.5 Å². The summed E-state index contributed by atoms with van der Waals surface area (Å²) in [6.07, 6.45) is 2.45. The number of hydrogen-bond acceptors (Lipinski definition) is 6. The first-order valence-electron chi connectivity index (χ1n) is 10.9. The lowest BCUT2D eigenvalue weighted by Crippen LogP contribution is -2.44. The Labute approximate surface area is 182 Å². The van der Waals surface area contributed by atoms with Gasteiger partial charge in [0.1, 0.15) is 12.4 Å². The van der Waals surface area contributed by atoms with Crippen molar-refractivity contribution in [2.24, 2.45) is 5.73 Å². The molecule has 3 aliphatic rings. The smallest absolute Gasteiger partial charge is 0.343 e. The third-order valence-corrected chi connectivity index (χ3v) is 7.32. The van der Waals surface area contributed by atoms with Crippen molar-refractivity contribution in [1.29, 1.82) is 0 Å². The van der Waals surface area contributed by atoms with Crippen molar-refractivity contribution in [3.05, 3.63) is 61.7 Å². The van der Waals surface area contributed by atoms with Gasteiger partial charge in [0.05, 0.1) is 29.0 Å². The summed E-state index contributed by atoms with van der Waals surface area (Å²) in [4.78, 5) is 30.5. The number of pyridine rings is 2. The number of benzene rings is 1. The second-order valence-corrected chi connectivity index (χ2v) is 8.79. The predicted molar refractivity (Wildman–Crippen MR) is 114 cm³/mol. The molecule has 0 spiro atoms. The minimum absolute atomic E-state index is 0.0745. The minimum atomic E-state index is -1.88. The Morgan fingerprint density at radius 2 is 2.00 bits per heavy atom. The first-order chi connectivity index (χ1) is 15.4. The van der Waals surface area contributed by atoms with Crippen molar-refractivity contribution >= 4 is 16.9 Å². The van der Waals surface area contributed by atoms with Crippen molar-refractivity contribution in [2.75, 3.05) is 0 Å². The van der Waals surface area contributed by atoms with Gasteiger partial charge in [0.25, 0.3) is 5.56 Å². The van der Waals surface area contributed by atoms with Crippen LogP contribution in [0.15, 0.2) is 16.9 Å². The molecule has 7 nitrogen and oxygen atoms in total.